The number of ketones is 1. The van der Waals surface area contributed by atoms with Crippen LogP contribution in [0.25, 0.3) is 0 Å². The zero-order valence-electron chi connectivity index (χ0n) is 16.1. The summed E-state index contributed by atoms with van der Waals surface area (Å²) in [6.07, 6.45) is 1.71. The molecule has 4 rings (SSSR count). The van der Waals surface area contributed by atoms with E-state index >= 15 is 0 Å². The van der Waals surface area contributed by atoms with Gasteiger partial charge in [0.05, 0.1) is 12.1 Å². The molecule has 0 bridgehead atoms. The summed E-state index contributed by atoms with van der Waals surface area (Å²) >= 11 is 0. The standard InChI is InChI=1S/C22H23N3O3/c1-22(2,3)21(26)20-17(14-9-5-4-6-10-14)19(25(27)28)18-16-12-8-7-11-15(16)13-23-24(18)20/h4-13,17-20H,1-3H3/t17-,18+,19+,20+/m1/s1. The number of carbonyl (C=O) groups excluding carboxylic acids is 1. The summed E-state index contributed by atoms with van der Waals surface area (Å²) < 4.78 is 0. The first kappa shape index (κ1) is 18.3. The van der Waals surface area contributed by atoms with E-state index in [2.05, 4.69) is 5.10 Å². The van der Waals surface area contributed by atoms with Crippen molar-refractivity contribution in [2.45, 2.75) is 44.8 Å². The molecule has 2 heterocycles. The molecule has 0 saturated carbocycles. The van der Waals surface area contributed by atoms with Crippen molar-refractivity contribution in [1.29, 1.82) is 0 Å². The molecule has 0 aromatic heterocycles. The first-order valence-electron chi connectivity index (χ1n) is 9.44. The van der Waals surface area contributed by atoms with E-state index in [-0.39, 0.29) is 10.7 Å². The van der Waals surface area contributed by atoms with Gasteiger partial charge in [-0.05, 0) is 11.1 Å². The normalized spacial score (nSPS) is 25.9. The first-order valence-corrected chi connectivity index (χ1v) is 9.44. The Bertz CT molecular complexity index is 949. The van der Waals surface area contributed by atoms with Crippen LogP contribution in [0.2, 0.25) is 0 Å². The molecule has 0 unspecified atom stereocenters. The van der Waals surface area contributed by atoms with Crippen molar-refractivity contribution in [3.63, 3.8) is 0 Å². The second-order valence-corrected chi connectivity index (χ2v) is 8.47. The van der Waals surface area contributed by atoms with Crippen LogP contribution >= 0.6 is 0 Å². The van der Waals surface area contributed by atoms with Crippen molar-refractivity contribution in [2.24, 2.45) is 10.5 Å². The van der Waals surface area contributed by atoms with Gasteiger partial charge in [0.2, 0.25) is 6.04 Å². The number of carbonyl (C=O) groups is 1. The maximum atomic E-state index is 13.4. The highest BCUT2D eigenvalue weighted by Crippen LogP contribution is 2.50. The average molecular weight is 377 g/mol. The summed E-state index contributed by atoms with van der Waals surface area (Å²) in [6, 6.07) is 14.7. The fraction of sp³-hybridized carbons (Fsp3) is 0.364. The Kier molecular flexibility index (Phi) is 4.29. The largest absolute Gasteiger partial charge is 0.297 e. The minimum atomic E-state index is -0.961. The summed E-state index contributed by atoms with van der Waals surface area (Å²) in [5.74, 6) is -0.608. The van der Waals surface area contributed by atoms with E-state index in [0.717, 1.165) is 16.7 Å². The van der Waals surface area contributed by atoms with Crippen molar-refractivity contribution in [2.75, 3.05) is 0 Å². The summed E-state index contributed by atoms with van der Waals surface area (Å²) in [5.41, 5.74) is 1.88. The number of rotatable bonds is 3. The van der Waals surface area contributed by atoms with Gasteiger partial charge in [-0.1, -0.05) is 75.4 Å². The van der Waals surface area contributed by atoms with E-state index in [0.29, 0.717) is 0 Å². The zero-order valence-corrected chi connectivity index (χ0v) is 16.1. The predicted molar refractivity (Wildman–Crippen MR) is 107 cm³/mol. The van der Waals surface area contributed by atoms with Gasteiger partial charge < -0.3 is 0 Å². The third-order valence-corrected chi connectivity index (χ3v) is 5.68. The third kappa shape index (κ3) is 2.80. The van der Waals surface area contributed by atoms with Gasteiger partial charge in [0.1, 0.15) is 12.1 Å². The molecule has 6 heteroatoms. The van der Waals surface area contributed by atoms with E-state index < -0.39 is 29.5 Å². The number of nitrogens with zero attached hydrogens (tertiary/aromatic N) is 3. The van der Waals surface area contributed by atoms with Gasteiger partial charge in [-0.2, -0.15) is 5.10 Å². The maximum Gasteiger partial charge on any atom is 0.248 e. The van der Waals surface area contributed by atoms with E-state index in [1.807, 2.05) is 75.4 Å². The fourth-order valence-corrected chi connectivity index (χ4v) is 4.40. The number of Topliss-reactive ketones (excluding diaryl/α,β-unsaturated/α-hetero) is 1. The molecule has 6 nitrogen and oxygen atoms in total. The molecule has 1 saturated heterocycles. The minimum absolute atomic E-state index is 0.0350. The molecular formula is C22H23N3O3. The van der Waals surface area contributed by atoms with Crippen LogP contribution in [0.3, 0.4) is 0 Å². The number of hydrogen-bond donors (Lipinski definition) is 0. The molecule has 2 aromatic carbocycles. The molecule has 2 aliphatic rings. The van der Waals surface area contributed by atoms with E-state index in [9.17, 15) is 14.9 Å². The quantitative estimate of drug-likeness (QED) is 0.602. The van der Waals surface area contributed by atoms with Crippen molar-refractivity contribution in [1.82, 2.24) is 5.01 Å². The third-order valence-electron chi connectivity index (χ3n) is 5.68. The Labute approximate surface area is 164 Å². The fourth-order valence-electron chi connectivity index (χ4n) is 4.40. The molecule has 2 aliphatic heterocycles. The summed E-state index contributed by atoms with van der Waals surface area (Å²) in [5, 5.41) is 18.5. The molecule has 28 heavy (non-hydrogen) atoms. The predicted octanol–water partition coefficient (Wildman–Crippen LogP) is 3.80. The minimum Gasteiger partial charge on any atom is -0.297 e. The summed E-state index contributed by atoms with van der Waals surface area (Å²) in [4.78, 5) is 25.5. The molecule has 144 valence electrons. The van der Waals surface area contributed by atoms with E-state index in [1.54, 1.807) is 11.2 Å². The molecular weight excluding hydrogens is 354 g/mol. The molecule has 0 amide bonds. The van der Waals surface area contributed by atoms with Gasteiger partial charge in [0, 0.05) is 15.9 Å². The molecule has 4 atom stereocenters. The molecule has 0 radical (unpaired) electrons. The lowest BCUT2D eigenvalue weighted by Gasteiger charge is -2.33. The van der Waals surface area contributed by atoms with E-state index in [4.69, 9.17) is 0 Å². The lowest BCUT2D eigenvalue weighted by molar-refractivity contribution is -0.529. The maximum absolute atomic E-state index is 13.4. The summed E-state index contributed by atoms with van der Waals surface area (Å²) in [7, 11) is 0. The van der Waals surface area contributed by atoms with Crippen molar-refractivity contribution in [3.05, 3.63) is 81.4 Å². The highest BCUT2D eigenvalue weighted by Gasteiger charge is 2.61. The monoisotopic (exact) mass is 377 g/mol. The van der Waals surface area contributed by atoms with Crippen LogP contribution in [0.15, 0.2) is 59.7 Å². The second-order valence-electron chi connectivity index (χ2n) is 8.47. The molecule has 1 fully saturated rings. The highest BCUT2D eigenvalue weighted by molar-refractivity contribution is 5.91. The Morgan fingerprint density at radius 3 is 2.36 bits per heavy atom. The van der Waals surface area contributed by atoms with Gasteiger partial charge in [-0.15, -0.1) is 0 Å². The van der Waals surface area contributed by atoms with Gasteiger partial charge >= 0.3 is 0 Å². The van der Waals surface area contributed by atoms with Gasteiger partial charge in [-0.3, -0.25) is 19.9 Å². The number of hydrogen-bond acceptors (Lipinski definition) is 5. The Morgan fingerprint density at radius 1 is 1.07 bits per heavy atom. The molecule has 2 aromatic rings. The van der Waals surface area contributed by atoms with Crippen LogP contribution in [0.5, 0.6) is 0 Å². The van der Waals surface area contributed by atoms with Gasteiger partial charge in [-0.25, -0.2) is 0 Å². The average Bonchev–Trinajstić information content (AvgIpc) is 3.03. The lowest BCUT2D eigenvalue weighted by Crippen LogP contribution is -2.43. The van der Waals surface area contributed by atoms with Crippen LogP contribution < -0.4 is 0 Å². The topological polar surface area (TPSA) is 75.8 Å². The Morgan fingerprint density at radius 2 is 1.71 bits per heavy atom. The zero-order chi connectivity index (χ0) is 20.1. The van der Waals surface area contributed by atoms with Gasteiger partial charge in [0.15, 0.2) is 5.78 Å². The number of nitro groups is 1. The van der Waals surface area contributed by atoms with Crippen molar-refractivity contribution >= 4 is 12.0 Å². The van der Waals surface area contributed by atoms with Crippen LogP contribution in [0.4, 0.5) is 0 Å². The van der Waals surface area contributed by atoms with Crippen LogP contribution in [0, 0.1) is 15.5 Å². The lowest BCUT2D eigenvalue weighted by atomic mass is 9.78. The number of benzene rings is 2. The van der Waals surface area contributed by atoms with Crippen LogP contribution in [-0.2, 0) is 4.79 Å². The van der Waals surface area contributed by atoms with Gasteiger partial charge in [0.25, 0.3) is 0 Å². The first-order chi connectivity index (χ1) is 13.3. The van der Waals surface area contributed by atoms with E-state index in [1.165, 1.54) is 0 Å². The molecule has 0 N–H and O–H groups in total. The van der Waals surface area contributed by atoms with Crippen LogP contribution in [-0.4, -0.2) is 34.0 Å². The highest BCUT2D eigenvalue weighted by atomic mass is 16.6. The molecule has 0 spiro atoms. The SMILES string of the molecule is CC(C)(C)C(=O)[C@@H]1[C@H](c2ccccc2)[C@H]([N+](=O)[O-])[C@@H]2c3ccccc3C=NN12. The van der Waals surface area contributed by atoms with Crippen molar-refractivity contribution in [3.8, 4) is 0 Å². The smallest absolute Gasteiger partial charge is 0.248 e. The molecule has 0 aliphatic carbocycles. The number of hydrazone groups is 1. The Hall–Kier alpha value is -3.02. The number of fused-ring (bicyclic) bond motifs is 3. The van der Waals surface area contributed by atoms with Crippen molar-refractivity contribution < 1.29 is 9.72 Å². The summed E-state index contributed by atoms with van der Waals surface area (Å²) in [6.45, 7) is 5.56. The Balaban J connectivity index is 1.94. The second kappa shape index (κ2) is 6.55. The van der Waals surface area contributed by atoms with Crippen LogP contribution in [0.1, 0.15) is 49.4 Å².